The van der Waals surface area contributed by atoms with Crippen LogP contribution in [0.15, 0.2) is 0 Å². The summed E-state index contributed by atoms with van der Waals surface area (Å²) in [5, 5.41) is 3.10. The van der Waals surface area contributed by atoms with E-state index in [4.69, 9.17) is 0 Å². The second-order valence-corrected chi connectivity index (χ2v) is 5.15. The van der Waals surface area contributed by atoms with Crippen molar-refractivity contribution in [2.45, 2.75) is 50.9 Å². The van der Waals surface area contributed by atoms with Crippen LogP contribution >= 0.6 is 0 Å². The number of rotatable bonds is 2. The van der Waals surface area contributed by atoms with Crippen LogP contribution in [0, 0.1) is 11.8 Å². The summed E-state index contributed by atoms with van der Waals surface area (Å²) in [6.45, 7) is 0.998. The van der Waals surface area contributed by atoms with E-state index in [0.29, 0.717) is 19.0 Å². The van der Waals surface area contributed by atoms with E-state index in [0.717, 1.165) is 6.42 Å². The summed E-state index contributed by atoms with van der Waals surface area (Å²) in [5.41, 5.74) is 0. The van der Waals surface area contributed by atoms with Crippen LogP contribution in [0.2, 0.25) is 0 Å². The molecule has 0 aromatic rings. The SMILES string of the molecule is FC1(F)CCNCC1CC1CCCCC1. The van der Waals surface area contributed by atoms with Crippen LogP contribution in [0.4, 0.5) is 8.78 Å². The van der Waals surface area contributed by atoms with E-state index in [1.54, 1.807) is 0 Å². The van der Waals surface area contributed by atoms with Gasteiger partial charge in [-0.1, -0.05) is 32.1 Å². The molecule has 1 heterocycles. The molecule has 15 heavy (non-hydrogen) atoms. The monoisotopic (exact) mass is 217 g/mol. The van der Waals surface area contributed by atoms with Crippen LogP contribution in [0.1, 0.15) is 44.9 Å². The number of piperidine rings is 1. The molecule has 88 valence electrons. The molecule has 0 bridgehead atoms. The maximum Gasteiger partial charge on any atom is 0.253 e. The molecule has 2 rings (SSSR count). The average Bonchev–Trinajstić information content (AvgIpc) is 2.23. The van der Waals surface area contributed by atoms with E-state index in [9.17, 15) is 8.78 Å². The van der Waals surface area contributed by atoms with Crippen molar-refractivity contribution in [3.8, 4) is 0 Å². The molecule has 1 N–H and O–H groups in total. The summed E-state index contributed by atoms with van der Waals surface area (Å²) < 4.78 is 27.2. The molecule has 1 saturated heterocycles. The van der Waals surface area contributed by atoms with E-state index in [2.05, 4.69) is 5.32 Å². The van der Waals surface area contributed by atoms with Gasteiger partial charge in [-0.05, 0) is 12.3 Å². The topological polar surface area (TPSA) is 12.0 Å². The van der Waals surface area contributed by atoms with Crippen LogP contribution in [-0.2, 0) is 0 Å². The first-order valence-corrected chi connectivity index (χ1v) is 6.27. The van der Waals surface area contributed by atoms with Gasteiger partial charge in [-0.15, -0.1) is 0 Å². The Labute approximate surface area is 90.6 Å². The highest BCUT2D eigenvalue weighted by molar-refractivity contribution is 4.86. The molecule has 0 amide bonds. The summed E-state index contributed by atoms with van der Waals surface area (Å²) in [6, 6.07) is 0. The highest BCUT2D eigenvalue weighted by atomic mass is 19.3. The lowest BCUT2D eigenvalue weighted by Crippen LogP contribution is -2.45. The fourth-order valence-electron chi connectivity index (χ4n) is 2.97. The summed E-state index contributed by atoms with van der Waals surface area (Å²) in [7, 11) is 0. The molecule has 1 atom stereocenters. The molecule has 2 aliphatic rings. The zero-order valence-electron chi connectivity index (χ0n) is 9.27. The maximum absolute atomic E-state index is 13.6. The Morgan fingerprint density at radius 3 is 2.53 bits per heavy atom. The molecule has 1 saturated carbocycles. The van der Waals surface area contributed by atoms with Crippen LogP contribution in [-0.4, -0.2) is 19.0 Å². The third kappa shape index (κ3) is 2.90. The molecule has 2 fully saturated rings. The first-order valence-electron chi connectivity index (χ1n) is 6.27. The molecule has 1 aliphatic carbocycles. The zero-order chi connectivity index (χ0) is 10.7. The molecule has 1 nitrogen and oxygen atoms in total. The highest BCUT2D eigenvalue weighted by Crippen LogP contribution is 2.38. The highest BCUT2D eigenvalue weighted by Gasteiger charge is 2.42. The predicted molar refractivity (Wildman–Crippen MR) is 57.1 cm³/mol. The normalized spacial score (nSPS) is 32.8. The molecule has 0 radical (unpaired) electrons. The number of nitrogens with one attached hydrogen (secondary N) is 1. The van der Waals surface area contributed by atoms with Gasteiger partial charge in [0.25, 0.3) is 5.92 Å². The third-order valence-electron chi connectivity index (χ3n) is 3.97. The number of halogens is 2. The first-order chi connectivity index (χ1) is 7.18. The fraction of sp³-hybridized carbons (Fsp3) is 1.00. The lowest BCUT2D eigenvalue weighted by atomic mass is 9.79. The van der Waals surface area contributed by atoms with Crippen molar-refractivity contribution in [1.82, 2.24) is 5.32 Å². The van der Waals surface area contributed by atoms with Gasteiger partial charge < -0.3 is 5.32 Å². The van der Waals surface area contributed by atoms with Gasteiger partial charge in [-0.2, -0.15) is 0 Å². The average molecular weight is 217 g/mol. The van der Waals surface area contributed by atoms with E-state index < -0.39 is 11.8 Å². The lowest BCUT2D eigenvalue weighted by molar-refractivity contribution is -0.0866. The summed E-state index contributed by atoms with van der Waals surface area (Å²) in [5.74, 6) is -2.26. The minimum absolute atomic E-state index is 0.0321. The van der Waals surface area contributed by atoms with E-state index in [1.165, 1.54) is 32.1 Å². The van der Waals surface area contributed by atoms with Gasteiger partial charge in [0.15, 0.2) is 0 Å². The summed E-state index contributed by atoms with van der Waals surface area (Å²) >= 11 is 0. The number of hydrogen-bond acceptors (Lipinski definition) is 1. The largest absolute Gasteiger partial charge is 0.316 e. The van der Waals surface area contributed by atoms with Crippen LogP contribution in [0.3, 0.4) is 0 Å². The third-order valence-corrected chi connectivity index (χ3v) is 3.97. The van der Waals surface area contributed by atoms with Gasteiger partial charge in [-0.3, -0.25) is 0 Å². The van der Waals surface area contributed by atoms with Crippen molar-refractivity contribution in [3.05, 3.63) is 0 Å². The van der Waals surface area contributed by atoms with E-state index in [-0.39, 0.29) is 6.42 Å². The predicted octanol–water partition coefficient (Wildman–Crippen LogP) is 3.20. The van der Waals surface area contributed by atoms with Gasteiger partial charge >= 0.3 is 0 Å². The van der Waals surface area contributed by atoms with Gasteiger partial charge in [0.05, 0.1) is 0 Å². The van der Waals surface area contributed by atoms with Crippen molar-refractivity contribution in [3.63, 3.8) is 0 Å². The molecule has 0 aromatic heterocycles. The van der Waals surface area contributed by atoms with Crippen molar-refractivity contribution < 1.29 is 8.78 Å². The van der Waals surface area contributed by atoms with Crippen molar-refractivity contribution in [2.75, 3.05) is 13.1 Å². The molecule has 0 spiro atoms. The second-order valence-electron chi connectivity index (χ2n) is 5.15. The van der Waals surface area contributed by atoms with Gasteiger partial charge in [0.1, 0.15) is 0 Å². The minimum Gasteiger partial charge on any atom is -0.316 e. The molecular formula is C12H21F2N. The Bertz CT molecular complexity index is 200. The van der Waals surface area contributed by atoms with Gasteiger partial charge in [0.2, 0.25) is 0 Å². The standard InChI is InChI=1S/C12H21F2N/c13-12(14)6-7-15-9-11(12)8-10-4-2-1-3-5-10/h10-11,15H,1-9H2. The van der Waals surface area contributed by atoms with Crippen LogP contribution in [0.5, 0.6) is 0 Å². The Hall–Kier alpha value is -0.180. The summed E-state index contributed by atoms with van der Waals surface area (Å²) in [4.78, 5) is 0. The summed E-state index contributed by atoms with van der Waals surface area (Å²) in [6.07, 6.45) is 6.91. The van der Waals surface area contributed by atoms with E-state index in [1.807, 2.05) is 0 Å². The Kier molecular flexibility index (Phi) is 3.60. The fourth-order valence-corrected chi connectivity index (χ4v) is 2.97. The Morgan fingerprint density at radius 1 is 1.13 bits per heavy atom. The number of hydrogen-bond donors (Lipinski definition) is 1. The maximum atomic E-state index is 13.6. The quantitative estimate of drug-likeness (QED) is 0.749. The number of alkyl halides is 2. The van der Waals surface area contributed by atoms with Gasteiger partial charge in [0, 0.05) is 25.4 Å². The molecule has 3 heteroatoms. The van der Waals surface area contributed by atoms with Crippen LogP contribution < -0.4 is 5.32 Å². The van der Waals surface area contributed by atoms with Gasteiger partial charge in [-0.25, -0.2) is 8.78 Å². The lowest BCUT2D eigenvalue weighted by Gasteiger charge is -2.35. The molecular weight excluding hydrogens is 196 g/mol. The smallest absolute Gasteiger partial charge is 0.253 e. The zero-order valence-corrected chi connectivity index (χ0v) is 9.27. The molecule has 1 aliphatic heterocycles. The van der Waals surface area contributed by atoms with Crippen LogP contribution in [0.25, 0.3) is 0 Å². The molecule has 1 unspecified atom stereocenters. The Balaban J connectivity index is 1.85. The second kappa shape index (κ2) is 4.77. The van der Waals surface area contributed by atoms with E-state index >= 15 is 0 Å². The first kappa shape index (κ1) is 11.3. The minimum atomic E-state index is -2.41. The van der Waals surface area contributed by atoms with Crippen molar-refractivity contribution in [2.24, 2.45) is 11.8 Å². The van der Waals surface area contributed by atoms with Crippen molar-refractivity contribution in [1.29, 1.82) is 0 Å². The van der Waals surface area contributed by atoms with Crippen molar-refractivity contribution >= 4 is 0 Å². The molecule has 0 aromatic carbocycles. The Morgan fingerprint density at radius 2 is 1.87 bits per heavy atom.